The van der Waals surface area contributed by atoms with Crippen LogP contribution in [0.1, 0.15) is 37.0 Å². The van der Waals surface area contributed by atoms with Gasteiger partial charge in [-0.25, -0.2) is 4.68 Å². The first-order valence-electron chi connectivity index (χ1n) is 9.75. The Morgan fingerprint density at radius 2 is 1.83 bits per heavy atom. The summed E-state index contributed by atoms with van der Waals surface area (Å²) in [6.07, 6.45) is 3.70. The van der Waals surface area contributed by atoms with Gasteiger partial charge in [-0.1, -0.05) is 31.5 Å². The molecule has 2 aromatic carbocycles. The van der Waals surface area contributed by atoms with Gasteiger partial charge in [0.25, 0.3) is 5.91 Å². The van der Waals surface area contributed by atoms with Gasteiger partial charge in [-0.2, -0.15) is 5.10 Å². The van der Waals surface area contributed by atoms with Crippen LogP contribution in [-0.4, -0.2) is 35.9 Å². The number of amides is 1. The second kappa shape index (κ2) is 9.28. The van der Waals surface area contributed by atoms with Crippen LogP contribution in [0, 0.1) is 0 Å². The molecule has 1 atom stereocenters. The Bertz CT molecular complexity index is 967. The van der Waals surface area contributed by atoms with Gasteiger partial charge in [-0.3, -0.25) is 4.79 Å². The molecule has 1 heterocycles. The van der Waals surface area contributed by atoms with E-state index in [0.29, 0.717) is 22.8 Å². The van der Waals surface area contributed by atoms with Crippen molar-refractivity contribution in [1.82, 2.24) is 15.1 Å². The second-order valence-corrected chi connectivity index (χ2v) is 6.90. The Labute approximate surface area is 171 Å². The lowest BCUT2D eigenvalue weighted by molar-refractivity contribution is 0.0939. The Balaban J connectivity index is 2.07. The van der Waals surface area contributed by atoms with Crippen molar-refractivity contribution in [2.75, 3.05) is 14.2 Å². The molecule has 0 radical (unpaired) electrons. The van der Waals surface area contributed by atoms with Crippen molar-refractivity contribution in [2.45, 2.75) is 32.7 Å². The summed E-state index contributed by atoms with van der Waals surface area (Å²) in [7, 11) is 3.18. The average molecular weight is 393 g/mol. The predicted molar refractivity (Wildman–Crippen MR) is 114 cm³/mol. The number of benzene rings is 2. The summed E-state index contributed by atoms with van der Waals surface area (Å²) in [5, 5.41) is 7.79. The number of methoxy groups -OCH3 is 2. The van der Waals surface area contributed by atoms with Crippen molar-refractivity contribution in [2.24, 2.45) is 0 Å². The largest absolute Gasteiger partial charge is 0.493 e. The minimum absolute atomic E-state index is 0.0887. The lowest BCUT2D eigenvalue weighted by Gasteiger charge is -2.13. The third-order valence-corrected chi connectivity index (χ3v) is 4.74. The van der Waals surface area contributed by atoms with Crippen LogP contribution in [0.15, 0.2) is 54.7 Å². The quantitative estimate of drug-likeness (QED) is 0.613. The molecule has 0 saturated carbocycles. The molecule has 6 nitrogen and oxygen atoms in total. The van der Waals surface area contributed by atoms with E-state index < -0.39 is 0 Å². The van der Waals surface area contributed by atoms with Gasteiger partial charge in [0.15, 0.2) is 11.5 Å². The standard InChI is InChI=1S/C23H27N3O3/c1-5-9-16(2)24-23(27)19-15-26(18-10-7-6-8-11-18)25-22(19)17-12-13-20(28-3)21(14-17)29-4/h6-8,10-16H,5,9H2,1-4H3,(H,24,27). The third-order valence-electron chi connectivity index (χ3n) is 4.74. The number of rotatable bonds is 8. The van der Waals surface area contributed by atoms with Crippen molar-refractivity contribution >= 4 is 5.91 Å². The van der Waals surface area contributed by atoms with Crippen LogP contribution >= 0.6 is 0 Å². The normalized spacial score (nSPS) is 11.7. The fourth-order valence-corrected chi connectivity index (χ4v) is 3.26. The first-order chi connectivity index (χ1) is 14.1. The molecule has 152 valence electrons. The fourth-order valence-electron chi connectivity index (χ4n) is 3.26. The smallest absolute Gasteiger partial charge is 0.255 e. The number of carbonyl (C=O) groups excluding carboxylic acids is 1. The molecule has 3 aromatic rings. The lowest BCUT2D eigenvalue weighted by Crippen LogP contribution is -2.32. The highest BCUT2D eigenvalue weighted by Crippen LogP contribution is 2.33. The molecular formula is C23H27N3O3. The maximum atomic E-state index is 13.0. The van der Waals surface area contributed by atoms with E-state index in [4.69, 9.17) is 14.6 Å². The van der Waals surface area contributed by atoms with Crippen molar-refractivity contribution in [3.63, 3.8) is 0 Å². The van der Waals surface area contributed by atoms with E-state index in [-0.39, 0.29) is 11.9 Å². The number of para-hydroxylation sites is 1. The molecule has 1 unspecified atom stereocenters. The topological polar surface area (TPSA) is 65.4 Å². The molecule has 0 aliphatic carbocycles. The maximum Gasteiger partial charge on any atom is 0.255 e. The summed E-state index contributed by atoms with van der Waals surface area (Å²) in [5.41, 5.74) is 2.78. The van der Waals surface area contributed by atoms with Gasteiger partial charge >= 0.3 is 0 Å². The van der Waals surface area contributed by atoms with Gasteiger partial charge in [0, 0.05) is 17.8 Å². The highest BCUT2D eigenvalue weighted by Gasteiger charge is 2.21. The predicted octanol–water partition coefficient (Wildman–Crippen LogP) is 4.47. The molecule has 0 aliphatic rings. The second-order valence-electron chi connectivity index (χ2n) is 6.90. The molecule has 0 aliphatic heterocycles. The molecule has 0 spiro atoms. The molecule has 1 aromatic heterocycles. The van der Waals surface area contributed by atoms with E-state index in [1.807, 2.05) is 55.5 Å². The Kier molecular flexibility index (Phi) is 6.54. The fraction of sp³-hybridized carbons (Fsp3) is 0.304. The minimum atomic E-state index is -0.141. The van der Waals surface area contributed by atoms with Gasteiger partial charge in [0.05, 0.1) is 25.5 Å². The Morgan fingerprint density at radius 1 is 1.10 bits per heavy atom. The number of ether oxygens (including phenoxy) is 2. The van der Waals surface area contributed by atoms with Crippen LogP contribution in [0.3, 0.4) is 0 Å². The summed E-state index contributed by atoms with van der Waals surface area (Å²) in [6.45, 7) is 4.12. The van der Waals surface area contributed by atoms with Gasteiger partial charge in [0.2, 0.25) is 0 Å². The van der Waals surface area contributed by atoms with Crippen LogP contribution in [0.2, 0.25) is 0 Å². The molecule has 0 bridgehead atoms. The number of aromatic nitrogens is 2. The minimum Gasteiger partial charge on any atom is -0.493 e. The first-order valence-corrected chi connectivity index (χ1v) is 9.75. The maximum absolute atomic E-state index is 13.0. The van der Waals surface area contributed by atoms with Gasteiger partial charge in [-0.05, 0) is 43.7 Å². The van der Waals surface area contributed by atoms with E-state index in [1.165, 1.54) is 0 Å². The van der Waals surface area contributed by atoms with Crippen LogP contribution < -0.4 is 14.8 Å². The Hall–Kier alpha value is -3.28. The van der Waals surface area contributed by atoms with E-state index >= 15 is 0 Å². The summed E-state index contributed by atoms with van der Waals surface area (Å²) < 4.78 is 12.5. The van der Waals surface area contributed by atoms with Crippen LogP contribution in [0.25, 0.3) is 16.9 Å². The number of nitrogens with zero attached hydrogens (tertiary/aromatic N) is 2. The molecule has 1 amide bonds. The van der Waals surface area contributed by atoms with Gasteiger partial charge in [0.1, 0.15) is 5.69 Å². The third kappa shape index (κ3) is 4.59. The van der Waals surface area contributed by atoms with Crippen molar-refractivity contribution < 1.29 is 14.3 Å². The summed E-state index contributed by atoms with van der Waals surface area (Å²) in [5.74, 6) is 1.07. The van der Waals surface area contributed by atoms with Crippen LogP contribution in [0.5, 0.6) is 11.5 Å². The molecular weight excluding hydrogens is 366 g/mol. The summed E-state index contributed by atoms with van der Waals surface area (Å²) in [4.78, 5) is 13.0. The number of hydrogen-bond donors (Lipinski definition) is 1. The highest BCUT2D eigenvalue weighted by atomic mass is 16.5. The summed E-state index contributed by atoms with van der Waals surface area (Å²) in [6, 6.07) is 15.4. The molecule has 1 N–H and O–H groups in total. The van der Waals surface area contributed by atoms with Crippen LogP contribution in [0.4, 0.5) is 0 Å². The highest BCUT2D eigenvalue weighted by molar-refractivity contribution is 6.00. The van der Waals surface area contributed by atoms with Crippen molar-refractivity contribution in [1.29, 1.82) is 0 Å². The number of hydrogen-bond acceptors (Lipinski definition) is 4. The zero-order valence-electron chi connectivity index (χ0n) is 17.3. The zero-order valence-corrected chi connectivity index (χ0v) is 17.3. The lowest BCUT2D eigenvalue weighted by atomic mass is 10.1. The van der Waals surface area contributed by atoms with E-state index in [9.17, 15) is 4.79 Å². The van der Waals surface area contributed by atoms with Gasteiger partial charge in [-0.15, -0.1) is 0 Å². The van der Waals surface area contributed by atoms with E-state index in [0.717, 1.165) is 24.1 Å². The number of carbonyl (C=O) groups is 1. The first kappa shape index (κ1) is 20.5. The number of nitrogens with one attached hydrogen (secondary N) is 1. The zero-order chi connectivity index (χ0) is 20.8. The summed E-state index contributed by atoms with van der Waals surface area (Å²) >= 11 is 0. The van der Waals surface area contributed by atoms with E-state index in [1.54, 1.807) is 25.1 Å². The monoisotopic (exact) mass is 393 g/mol. The molecule has 3 rings (SSSR count). The van der Waals surface area contributed by atoms with Gasteiger partial charge < -0.3 is 14.8 Å². The molecule has 0 saturated heterocycles. The molecule has 29 heavy (non-hydrogen) atoms. The van der Waals surface area contributed by atoms with Crippen molar-refractivity contribution in [3.8, 4) is 28.4 Å². The average Bonchev–Trinajstić information content (AvgIpc) is 3.19. The Morgan fingerprint density at radius 3 is 2.48 bits per heavy atom. The SMILES string of the molecule is CCCC(C)NC(=O)c1cn(-c2ccccc2)nc1-c1ccc(OC)c(OC)c1. The van der Waals surface area contributed by atoms with E-state index in [2.05, 4.69) is 12.2 Å². The molecule has 6 heteroatoms. The van der Waals surface area contributed by atoms with Crippen molar-refractivity contribution in [3.05, 3.63) is 60.3 Å². The molecule has 0 fully saturated rings. The van der Waals surface area contributed by atoms with Crippen LogP contribution in [-0.2, 0) is 0 Å².